The Bertz CT molecular complexity index is 1150. The molecule has 0 saturated carbocycles. The first kappa shape index (κ1) is 31.2. The molecule has 0 spiro atoms. The van der Waals surface area contributed by atoms with Crippen molar-refractivity contribution in [3.63, 3.8) is 0 Å². The lowest BCUT2D eigenvalue weighted by Gasteiger charge is -2.34. The van der Waals surface area contributed by atoms with E-state index in [4.69, 9.17) is 15.9 Å². The topological polar surface area (TPSA) is 117 Å². The minimum Gasteiger partial charge on any atom is -0.497 e. The van der Waals surface area contributed by atoms with Crippen LogP contribution in [0.3, 0.4) is 0 Å². The number of amides is 3. The number of alkyl carbamates (subject to hydrolysis) is 1. The summed E-state index contributed by atoms with van der Waals surface area (Å²) in [5.74, 6) is 2.08. The van der Waals surface area contributed by atoms with Gasteiger partial charge in [-0.1, -0.05) is 43.9 Å². The molecular formula is C30H39N3O6. The quantitative estimate of drug-likeness (QED) is 0.275. The van der Waals surface area contributed by atoms with Crippen LogP contribution in [0.1, 0.15) is 64.1 Å². The zero-order valence-electron chi connectivity index (χ0n) is 23.3. The van der Waals surface area contributed by atoms with E-state index in [9.17, 15) is 19.5 Å². The summed E-state index contributed by atoms with van der Waals surface area (Å²) in [5.41, 5.74) is 0.585. The highest BCUT2D eigenvalue weighted by molar-refractivity contribution is 5.99. The first-order valence-corrected chi connectivity index (χ1v) is 13.0. The standard InChI is InChI=1S/C30H39N3O6/c1-7-9-12-19-33(28(36)25(20-34)32-29(37)39-30(3,4)5)26(24-14-11-10-13-21(24)8-2)27(35)31-22-15-17-23(38-6)18-16-22/h2,10-11,13-18,25-26,34H,7,9,12,19-20H2,1,3-6H3,(H,31,35)(H,32,37). The lowest BCUT2D eigenvalue weighted by Crippen LogP contribution is -2.54. The number of hydrogen-bond donors (Lipinski definition) is 3. The summed E-state index contributed by atoms with van der Waals surface area (Å²) in [5, 5.41) is 15.4. The summed E-state index contributed by atoms with van der Waals surface area (Å²) < 4.78 is 10.5. The number of ether oxygens (including phenoxy) is 2. The molecule has 0 saturated heterocycles. The molecule has 3 amide bonds. The molecule has 0 fully saturated rings. The maximum atomic E-state index is 13.9. The van der Waals surface area contributed by atoms with Gasteiger partial charge in [0.1, 0.15) is 23.4 Å². The van der Waals surface area contributed by atoms with Crippen LogP contribution in [0.15, 0.2) is 48.5 Å². The zero-order chi connectivity index (χ0) is 29.0. The number of nitrogens with zero attached hydrogens (tertiary/aromatic N) is 1. The number of benzene rings is 2. The molecule has 0 aliphatic heterocycles. The molecule has 2 rings (SSSR count). The number of carbonyl (C=O) groups is 3. The molecular weight excluding hydrogens is 498 g/mol. The Morgan fingerprint density at radius 3 is 2.31 bits per heavy atom. The van der Waals surface area contributed by atoms with E-state index < -0.39 is 42.2 Å². The summed E-state index contributed by atoms with van der Waals surface area (Å²) in [6.07, 6.45) is 7.19. The smallest absolute Gasteiger partial charge is 0.408 e. The predicted octanol–water partition coefficient (Wildman–Crippen LogP) is 4.26. The van der Waals surface area contributed by atoms with Gasteiger partial charge in [0.15, 0.2) is 0 Å². The van der Waals surface area contributed by atoms with E-state index in [1.807, 2.05) is 6.92 Å². The van der Waals surface area contributed by atoms with Gasteiger partial charge < -0.3 is 30.1 Å². The SMILES string of the molecule is C#Cc1ccccc1C(C(=O)Nc1ccc(OC)cc1)N(CCCCC)C(=O)C(CO)NC(=O)OC(C)(C)C. The number of hydrogen-bond acceptors (Lipinski definition) is 6. The number of anilines is 1. The molecule has 9 heteroatoms. The number of terminal acetylenes is 1. The highest BCUT2D eigenvalue weighted by atomic mass is 16.6. The summed E-state index contributed by atoms with van der Waals surface area (Å²) in [7, 11) is 1.54. The summed E-state index contributed by atoms with van der Waals surface area (Å²) in [6.45, 7) is 6.60. The monoisotopic (exact) mass is 537 g/mol. The van der Waals surface area contributed by atoms with Gasteiger partial charge in [0.25, 0.3) is 5.91 Å². The Balaban J connectivity index is 2.52. The highest BCUT2D eigenvalue weighted by Gasteiger charge is 2.36. The van der Waals surface area contributed by atoms with Gasteiger partial charge in [-0.05, 0) is 63.1 Å². The van der Waals surface area contributed by atoms with Crippen LogP contribution < -0.4 is 15.4 Å². The van der Waals surface area contributed by atoms with Gasteiger partial charge in [-0.2, -0.15) is 0 Å². The third-order valence-corrected chi connectivity index (χ3v) is 5.79. The van der Waals surface area contributed by atoms with E-state index in [0.29, 0.717) is 29.0 Å². The van der Waals surface area contributed by atoms with Crippen LogP contribution in [0, 0.1) is 12.3 Å². The normalized spacial score (nSPS) is 12.4. The van der Waals surface area contributed by atoms with E-state index in [2.05, 4.69) is 16.6 Å². The minimum absolute atomic E-state index is 0.193. The van der Waals surface area contributed by atoms with Crippen molar-refractivity contribution in [1.29, 1.82) is 0 Å². The van der Waals surface area contributed by atoms with E-state index >= 15 is 0 Å². The fourth-order valence-corrected chi connectivity index (χ4v) is 3.94. The van der Waals surface area contributed by atoms with Crippen molar-refractivity contribution < 1.29 is 29.0 Å². The van der Waals surface area contributed by atoms with Crippen LogP contribution in [-0.2, 0) is 14.3 Å². The van der Waals surface area contributed by atoms with Crippen molar-refractivity contribution in [1.82, 2.24) is 10.2 Å². The second-order valence-electron chi connectivity index (χ2n) is 9.97. The molecule has 39 heavy (non-hydrogen) atoms. The fraction of sp³-hybridized carbons (Fsp3) is 0.433. The largest absolute Gasteiger partial charge is 0.497 e. The van der Waals surface area contributed by atoms with Gasteiger partial charge >= 0.3 is 6.09 Å². The number of nitrogens with one attached hydrogen (secondary N) is 2. The third-order valence-electron chi connectivity index (χ3n) is 5.79. The summed E-state index contributed by atoms with van der Waals surface area (Å²) in [6, 6.07) is 11.2. The lowest BCUT2D eigenvalue weighted by atomic mass is 9.97. The van der Waals surface area contributed by atoms with E-state index in [1.165, 1.54) is 4.90 Å². The maximum Gasteiger partial charge on any atom is 0.408 e. The second-order valence-corrected chi connectivity index (χ2v) is 9.97. The zero-order valence-corrected chi connectivity index (χ0v) is 23.3. The molecule has 2 aromatic carbocycles. The van der Waals surface area contributed by atoms with Crippen LogP contribution in [0.4, 0.5) is 10.5 Å². The third kappa shape index (κ3) is 9.34. The first-order valence-electron chi connectivity index (χ1n) is 13.0. The van der Waals surface area contributed by atoms with Crippen LogP contribution >= 0.6 is 0 Å². The molecule has 2 unspecified atom stereocenters. The average Bonchev–Trinajstić information content (AvgIpc) is 2.90. The Morgan fingerprint density at radius 1 is 1.08 bits per heavy atom. The molecule has 0 aromatic heterocycles. The van der Waals surface area contributed by atoms with Crippen molar-refractivity contribution in [2.45, 2.75) is 64.6 Å². The Morgan fingerprint density at radius 2 is 1.74 bits per heavy atom. The molecule has 9 nitrogen and oxygen atoms in total. The molecule has 0 aliphatic rings. The van der Waals surface area contributed by atoms with Crippen molar-refractivity contribution in [3.05, 3.63) is 59.7 Å². The number of unbranched alkanes of at least 4 members (excludes halogenated alkanes) is 2. The highest BCUT2D eigenvalue weighted by Crippen LogP contribution is 2.28. The number of carbonyl (C=O) groups excluding carboxylic acids is 3. The molecule has 210 valence electrons. The van der Waals surface area contributed by atoms with E-state index in [1.54, 1.807) is 76.4 Å². The predicted molar refractivity (Wildman–Crippen MR) is 150 cm³/mol. The fourth-order valence-electron chi connectivity index (χ4n) is 3.94. The van der Waals surface area contributed by atoms with E-state index in [0.717, 1.165) is 12.8 Å². The minimum atomic E-state index is -1.34. The lowest BCUT2D eigenvalue weighted by molar-refractivity contribution is -0.141. The van der Waals surface area contributed by atoms with Gasteiger partial charge in [-0.25, -0.2) is 4.79 Å². The van der Waals surface area contributed by atoms with Crippen molar-refractivity contribution in [2.24, 2.45) is 0 Å². The molecule has 0 bridgehead atoms. The molecule has 2 aromatic rings. The molecule has 3 N–H and O–H groups in total. The Labute approximate surface area is 230 Å². The second kappa shape index (κ2) is 14.8. The first-order chi connectivity index (χ1) is 18.5. The molecule has 0 heterocycles. The van der Waals surface area contributed by atoms with Crippen molar-refractivity contribution in [3.8, 4) is 18.1 Å². The number of aliphatic hydroxyl groups is 1. The molecule has 0 aliphatic carbocycles. The maximum absolute atomic E-state index is 13.9. The molecule has 2 atom stereocenters. The summed E-state index contributed by atoms with van der Waals surface area (Å²) >= 11 is 0. The Hall–Kier alpha value is -4.03. The van der Waals surface area contributed by atoms with Gasteiger partial charge in [0.2, 0.25) is 5.91 Å². The van der Waals surface area contributed by atoms with Crippen LogP contribution in [0.25, 0.3) is 0 Å². The van der Waals surface area contributed by atoms with Gasteiger partial charge in [-0.15, -0.1) is 6.42 Å². The number of aliphatic hydroxyl groups excluding tert-OH is 1. The average molecular weight is 538 g/mol. The van der Waals surface area contributed by atoms with Crippen molar-refractivity contribution >= 4 is 23.6 Å². The van der Waals surface area contributed by atoms with Gasteiger partial charge in [-0.3, -0.25) is 9.59 Å². The summed E-state index contributed by atoms with van der Waals surface area (Å²) in [4.78, 5) is 41.5. The number of methoxy groups -OCH3 is 1. The van der Waals surface area contributed by atoms with Gasteiger partial charge in [0.05, 0.1) is 13.7 Å². The number of rotatable bonds is 12. The van der Waals surface area contributed by atoms with Crippen molar-refractivity contribution in [2.75, 3.05) is 25.6 Å². The van der Waals surface area contributed by atoms with Crippen LogP contribution in [0.5, 0.6) is 5.75 Å². The molecule has 0 radical (unpaired) electrons. The van der Waals surface area contributed by atoms with Gasteiger partial charge in [0, 0.05) is 17.8 Å². The van der Waals surface area contributed by atoms with Crippen LogP contribution in [0.2, 0.25) is 0 Å². The Kier molecular flexibility index (Phi) is 11.8. The van der Waals surface area contributed by atoms with E-state index in [-0.39, 0.29) is 6.54 Å². The van der Waals surface area contributed by atoms with Crippen LogP contribution in [-0.4, -0.2) is 59.8 Å².